The van der Waals surface area contributed by atoms with Gasteiger partial charge in [-0.1, -0.05) is 5.21 Å². The Kier molecular flexibility index (Phi) is 6.29. The first kappa shape index (κ1) is 19.7. The smallest absolute Gasteiger partial charge is 0.317 e. The number of likely N-dealkylation sites (tertiary alicyclic amines) is 2. The van der Waals surface area contributed by atoms with Crippen LogP contribution in [0.1, 0.15) is 37.8 Å². The van der Waals surface area contributed by atoms with Gasteiger partial charge in [0, 0.05) is 19.1 Å². The Balaban J connectivity index is 1.27. The third-order valence-electron chi connectivity index (χ3n) is 5.94. The molecule has 2 aliphatic rings. The Morgan fingerprint density at radius 2 is 1.90 bits per heavy atom. The summed E-state index contributed by atoms with van der Waals surface area (Å²) in [5.41, 5.74) is 1.63. The van der Waals surface area contributed by atoms with Gasteiger partial charge in [-0.3, -0.25) is 0 Å². The molecule has 1 unspecified atom stereocenters. The van der Waals surface area contributed by atoms with Gasteiger partial charge in [-0.15, -0.1) is 5.10 Å². The molecule has 0 bridgehead atoms. The van der Waals surface area contributed by atoms with Gasteiger partial charge in [-0.2, -0.15) is 0 Å². The van der Waals surface area contributed by atoms with Gasteiger partial charge in [0.15, 0.2) is 0 Å². The van der Waals surface area contributed by atoms with Crippen molar-refractivity contribution < 1.29 is 9.53 Å². The molecule has 2 aromatic rings. The number of hydrogen-bond donors (Lipinski definition) is 1. The van der Waals surface area contributed by atoms with Crippen molar-refractivity contribution in [2.75, 3.05) is 33.3 Å². The molecule has 8 nitrogen and oxygen atoms in total. The van der Waals surface area contributed by atoms with E-state index < -0.39 is 0 Å². The summed E-state index contributed by atoms with van der Waals surface area (Å²) in [5.74, 6) is 0.797. The van der Waals surface area contributed by atoms with Crippen LogP contribution >= 0.6 is 0 Å². The first-order valence-corrected chi connectivity index (χ1v) is 10.6. The van der Waals surface area contributed by atoms with Gasteiger partial charge < -0.3 is 19.9 Å². The zero-order chi connectivity index (χ0) is 20.1. The van der Waals surface area contributed by atoms with Crippen molar-refractivity contribution in [2.45, 2.75) is 44.7 Å². The quantitative estimate of drug-likeness (QED) is 0.837. The first-order valence-electron chi connectivity index (χ1n) is 10.6. The number of carbonyl (C=O) groups is 1. The van der Waals surface area contributed by atoms with E-state index in [1.165, 1.54) is 32.4 Å². The molecule has 1 atom stereocenters. The highest BCUT2D eigenvalue weighted by Crippen LogP contribution is 2.21. The monoisotopic (exact) mass is 398 g/mol. The van der Waals surface area contributed by atoms with Crippen LogP contribution in [0.2, 0.25) is 0 Å². The molecule has 8 heteroatoms. The molecule has 2 saturated heterocycles. The van der Waals surface area contributed by atoms with Gasteiger partial charge in [0.25, 0.3) is 0 Å². The Hall–Kier alpha value is -2.61. The highest BCUT2D eigenvalue weighted by molar-refractivity contribution is 5.74. The van der Waals surface area contributed by atoms with Gasteiger partial charge in [-0.05, 0) is 69.5 Å². The van der Waals surface area contributed by atoms with E-state index in [1.807, 2.05) is 35.4 Å². The van der Waals surface area contributed by atoms with Crippen LogP contribution in [-0.2, 0) is 6.54 Å². The lowest BCUT2D eigenvalue weighted by Gasteiger charge is -2.26. The molecule has 2 aliphatic heterocycles. The number of amides is 2. The number of rotatable bonds is 5. The number of ether oxygens (including phenoxy) is 1. The maximum absolute atomic E-state index is 12.6. The van der Waals surface area contributed by atoms with Gasteiger partial charge in [0.1, 0.15) is 11.4 Å². The average molecular weight is 399 g/mol. The summed E-state index contributed by atoms with van der Waals surface area (Å²) in [6.07, 6.45) is 7.81. The van der Waals surface area contributed by atoms with Crippen molar-refractivity contribution in [3.05, 3.63) is 36.2 Å². The van der Waals surface area contributed by atoms with Crippen molar-refractivity contribution in [3.8, 4) is 11.4 Å². The van der Waals surface area contributed by atoms with Crippen molar-refractivity contribution in [3.63, 3.8) is 0 Å². The topological polar surface area (TPSA) is 75.5 Å². The molecule has 2 amide bonds. The molecule has 0 saturated carbocycles. The SMILES string of the molecule is COc1ccc(-n2cc(CNC(=O)N3CCCC(N4CCCC4)CC3)nn2)cc1. The number of methoxy groups -OCH3 is 1. The second kappa shape index (κ2) is 9.26. The number of carbonyl (C=O) groups excluding carboxylic acids is 1. The van der Waals surface area contributed by atoms with Gasteiger partial charge in [0.2, 0.25) is 0 Å². The Morgan fingerprint density at radius 1 is 1.10 bits per heavy atom. The zero-order valence-corrected chi connectivity index (χ0v) is 17.1. The highest BCUT2D eigenvalue weighted by Gasteiger charge is 2.26. The Labute approximate surface area is 171 Å². The van der Waals surface area contributed by atoms with Crippen molar-refractivity contribution in [2.24, 2.45) is 0 Å². The molecular formula is C21H30N6O2. The number of hydrogen-bond acceptors (Lipinski definition) is 5. The van der Waals surface area contributed by atoms with E-state index in [-0.39, 0.29) is 6.03 Å². The predicted octanol–water partition coefficient (Wildman–Crippen LogP) is 2.44. The van der Waals surface area contributed by atoms with Crippen LogP contribution in [0.5, 0.6) is 5.75 Å². The van der Waals surface area contributed by atoms with Crippen molar-refractivity contribution >= 4 is 6.03 Å². The maximum Gasteiger partial charge on any atom is 0.317 e. The molecule has 1 N–H and O–H groups in total. The summed E-state index contributed by atoms with van der Waals surface area (Å²) in [7, 11) is 1.64. The Bertz CT molecular complexity index is 800. The average Bonchev–Trinajstić information content (AvgIpc) is 3.40. The van der Waals surface area contributed by atoms with E-state index in [1.54, 1.807) is 11.8 Å². The minimum atomic E-state index is -0.00827. The molecule has 0 spiro atoms. The lowest BCUT2D eigenvalue weighted by molar-refractivity contribution is 0.193. The van der Waals surface area contributed by atoms with Crippen molar-refractivity contribution in [1.29, 1.82) is 0 Å². The van der Waals surface area contributed by atoms with E-state index in [0.29, 0.717) is 12.6 Å². The molecule has 156 valence electrons. The van der Waals surface area contributed by atoms with Crippen LogP contribution < -0.4 is 10.1 Å². The van der Waals surface area contributed by atoms with Crippen LogP contribution in [0.4, 0.5) is 4.79 Å². The largest absolute Gasteiger partial charge is 0.497 e. The van der Waals surface area contributed by atoms with Crippen molar-refractivity contribution in [1.82, 2.24) is 30.1 Å². The molecule has 0 radical (unpaired) electrons. The second-order valence-corrected chi connectivity index (χ2v) is 7.83. The summed E-state index contributed by atoms with van der Waals surface area (Å²) in [5, 5.41) is 11.3. The minimum absolute atomic E-state index is 0.00827. The number of benzene rings is 1. The number of urea groups is 1. The zero-order valence-electron chi connectivity index (χ0n) is 17.1. The molecule has 0 aliphatic carbocycles. The van der Waals surface area contributed by atoms with E-state index in [9.17, 15) is 4.79 Å². The van der Waals surface area contributed by atoms with E-state index >= 15 is 0 Å². The summed E-state index contributed by atoms with van der Waals surface area (Å²) >= 11 is 0. The minimum Gasteiger partial charge on any atom is -0.497 e. The number of nitrogens with zero attached hydrogens (tertiary/aromatic N) is 5. The molecule has 1 aromatic carbocycles. The summed E-state index contributed by atoms with van der Waals surface area (Å²) in [6, 6.07) is 8.24. The number of nitrogens with one attached hydrogen (secondary N) is 1. The van der Waals surface area contributed by atoms with E-state index in [4.69, 9.17) is 4.74 Å². The van der Waals surface area contributed by atoms with Gasteiger partial charge in [-0.25, -0.2) is 9.48 Å². The summed E-state index contributed by atoms with van der Waals surface area (Å²) < 4.78 is 6.88. The van der Waals surface area contributed by atoms with Crippen LogP contribution in [0.25, 0.3) is 5.69 Å². The summed E-state index contributed by atoms with van der Waals surface area (Å²) in [4.78, 5) is 17.2. The van der Waals surface area contributed by atoms with Gasteiger partial charge in [0.05, 0.1) is 25.5 Å². The van der Waals surface area contributed by atoms with E-state index in [2.05, 4.69) is 20.5 Å². The van der Waals surface area contributed by atoms with Crippen LogP contribution in [0.3, 0.4) is 0 Å². The molecule has 3 heterocycles. The number of aromatic nitrogens is 3. The fourth-order valence-corrected chi connectivity index (χ4v) is 4.27. The fraction of sp³-hybridized carbons (Fsp3) is 0.571. The van der Waals surface area contributed by atoms with Gasteiger partial charge >= 0.3 is 6.03 Å². The summed E-state index contributed by atoms with van der Waals surface area (Å²) in [6.45, 7) is 4.47. The standard InChI is InChI=1S/C21H30N6O2/c1-29-20-8-6-19(7-9-20)27-16-17(23-24-27)15-22-21(28)26-13-4-5-18(10-14-26)25-11-2-3-12-25/h6-9,16,18H,2-5,10-15H2,1H3,(H,22,28). The molecule has 29 heavy (non-hydrogen) atoms. The second-order valence-electron chi connectivity index (χ2n) is 7.83. The first-order chi connectivity index (χ1) is 14.2. The molecule has 1 aromatic heterocycles. The normalized spacial score (nSPS) is 20.4. The van der Waals surface area contributed by atoms with Crippen LogP contribution in [0, 0.1) is 0 Å². The predicted molar refractivity (Wildman–Crippen MR) is 110 cm³/mol. The lowest BCUT2D eigenvalue weighted by atomic mass is 10.1. The van der Waals surface area contributed by atoms with Crippen LogP contribution in [-0.4, -0.2) is 70.2 Å². The highest BCUT2D eigenvalue weighted by atomic mass is 16.5. The molecular weight excluding hydrogens is 368 g/mol. The lowest BCUT2D eigenvalue weighted by Crippen LogP contribution is -2.41. The molecule has 4 rings (SSSR count). The van der Waals surface area contributed by atoms with E-state index in [0.717, 1.165) is 43.1 Å². The van der Waals surface area contributed by atoms with Crippen LogP contribution in [0.15, 0.2) is 30.5 Å². The maximum atomic E-state index is 12.6. The third-order valence-corrected chi connectivity index (χ3v) is 5.94. The fourth-order valence-electron chi connectivity index (χ4n) is 4.27. The Morgan fingerprint density at radius 3 is 2.66 bits per heavy atom. The third kappa shape index (κ3) is 4.87. The molecule has 2 fully saturated rings.